The van der Waals surface area contributed by atoms with Crippen LogP contribution >= 0.6 is 0 Å². The number of carbonyl (C=O) groups excluding carboxylic acids is 2. The lowest BCUT2D eigenvalue weighted by Crippen LogP contribution is -2.05. The Morgan fingerprint density at radius 2 is 2.00 bits per heavy atom. The van der Waals surface area contributed by atoms with E-state index in [9.17, 15) is 9.59 Å². The van der Waals surface area contributed by atoms with E-state index in [1.54, 1.807) is 0 Å². The Kier molecular flexibility index (Phi) is 2.04. The molecule has 1 atom stereocenters. The zero-order chi connectivity index (χ0) is 12.0. The summed E-state index contributed by atoms with van der Waals surface area (Å²) in [6.45, 7) is 1.89. The zero-order valence-corrected chi connectivity index (χ0v) is 9.23. The van der Waals surface area contributed by atoms with Crippen LogP contribution in [0.1, 0.15) is 23.7 Å². The molecule has 2 heterocycles. The molecule has 0 amide bonds. The van der Waals surface area contributed by atoms with E-state index in [0.717, 1.165) is 16.5 Å². The monoisotopic (exact) mass is 230 g/mol. The lowest BCUT2D eigenvalue weighted by atomic mass is 10.0. The van der Waals surface area contributed by atoms with Crippen LogP contribution in [0.25, 0.3) is 11.0 Å². The summed E-state index contributed by atoms with van der Waals surface area (Å²) >= 11 is 0. The number of para-hydroxylation sites is 1. The highest BCUT2D eigenvalue weighted by atomic mass is 16.6. The summed E-state index contributed by atoms with van der Waals surface area (Å²) in [6, 6.07) is 7.55. The maximum absolute atomic E-state index is 11.5. The van der Waals surface area contributed by atoms with Gasteiger partial charge in [0.25, 0.3) is 0 Å². The standard InChI is InChI=1S/C13H10O4/c1-7-8-4-2-3-5-10(8)16-12(7)9-6-11(14)17-13(9)15/h2-5,9H,6H2,1H3. The highest BCUT2D eigenvalue weighted by molar-refractivity contribution is 5.98. The molecule has 1 fully saturated rings. The number of ether oxygens (including phenoxy) is 1. The number of rotatable bonds is 1. The largest absolute Gasteiger partial charge is 0.460 e. The molecule has 2 aromatic rings. The summed E-state index contributed by atoms with van der Waals surface area (Å²) in [7, 11) is 0. The third-order valence-corrected chi connectivity index (χ3v) is 3.07. The zero-order valence-electron chi connectivity index (χ0n) is 9.23. The predicted octanol–water partition coefficient (Wildman–Crippen LogP) is 2.30. The number of hydrogen-bond donors (Lipinski definition) is 0. The predicted molar refractivity (Wildman–Crippen MR) is 59.4 cm³/mol. The maximum atomic E-state index is 11.5. The Labute approximate surface area is 97.2 Å². The van der Waals surface area contributed by atoms with Gasteiger partial charge in [0.1, 0.15) is 17.3 Å². The first-order valence-electron chi connectivity index (χ1n) is 5.39. The Bertz CT molecular complexity index is 623. The van der Waals surface area contributed by atoms with Gasteiger partial charge in [0.05, 0.1) is 6.42 Å². The van der Waals surface area contributed by atoms with Gasteiger partial charge in [-0.15, -0.1) is 0 Å². The van der Waals surface area contributed by atoms with Crippen LogP contribution in [0.5, 0.6) is 0 Å². The summed E-state index contributed by atoms with van der Waals surface area (Å²) in [5.74, 6) is -1.05. The van der Waals surface area contributed by atoms with Gasteiger partial charge in [-0.1, -0.05) is 18.2 Å². The van der Waals surface area contributed by atoms with E-state index >= 15 is 0 Å². The number of carbonyl (C=O) groups is 2. The molecule has 1 aliphatic heterocycles. The van der Waals surface area contributed by atoms with Crippen molar-refractivity contribution in [1.29, 1.82) is 0 Å². The fourth-order valence-corrected chi connectivity index (χ4v) is 2.20. The number of cyclic esters (lactones) is 2. The second-order valence-corrected chi connectivity index (χ2v) is 4.14. The molecule has 1 aliphatic rings. The molecule has 17 heavy (non-hydrogen) atoms. The fraction of sp³-hybridized carbons (Fsp3) is 0.231. The van der Waals surface area contributed by atoms with Crippen molar-refractivity contribution in [3.8, 4) is 0 Å². The molecule has 4 nitrogen and oxygen atoms in total. The minimum atomic E-state index is -0.588. The minimum absolute atomic E-state index is 0.0689. The van der Waals surface area contributed by atoms with E-state index in [2.05, 4.69) is 4.74 Å². The lowest BCUT2D eigenvalue weighted by Gasteiger charge is -2.00. The van der Waals surface area contributed by atoms with Crippen molar-refractivity contribution >= 4 is 22.9 Å². The number of fused-ring (bicyclic) bond motifs is 1. The first-order chi connectivity index (χ1) is 8.16. The molecular formula is C13H10O4. The van der Waals surface area contributed by atoms with Crippen molar-refractivity contribution in [3.05, 3.63) is 35.6 Å². The molecule has 1 saturated heterocycles. The van der Waals surface area contributed by atoms with Crippen LogP contribution in [-0.4, -0.2) is 11.9 Å². The molecule has 0 bridgehead atoms. The number of benzene rings is 1. The Balaban J connectivity index is 2.15. The van der Waals surface area contributed by atoms with Crippen molar-refractivity contribution < 1.29 is 18.7 Å². The van der Waals surface area contributed by atoms with Gasteiger partial charge in [0.15, 0.2) is 0 Å². The molecule has 1 unspecified atom stereocenters. The van der Waals surface area contributed by atoms with Crippen LogP contribution < -0.4 is 0 Å². The molecule has 0 spiro atoms. The first-order valence-corrected chi connectivity index (χ1v) is 5.39. The molecule has 0 aliphatic carbocycles. The van der Waals surface area contributed by atoms with E-state index in [4.69, 9.17) is 4.42 Å². The summed E-state index contributed by atoms with van der Waals surface area (Å²) in [5.41, 5.74) is 1.63. The average Bonchev–Trinajstić information content (AvgIpc) is 2.80. The van der Waals surface area contributed by atoms with Gasteiger partial charge in [-0.25, -0.2) is 0 Å². The minimum Gasteiger partial charge on any atom is -0.460 e. The normalized spacial score (nSPS) is 19.9. The average molecular weight is 230 g/mol. The smallest absolute Gasteiger partial charge is 0.324 e. The van der Waals surface area contributed by atoms with Gasteiger partial charge in [-0.3, -0.25) is 9.59 Å². The van der Waals surface area contributed by atoms with Crippen LogP contribution in [-0.2, 0) is 14.3 Å². The molecule has 1 aromatic carbocycles. The molecule has 3 rings (SSSR count). The van der Waals surface area contributed by atoms with Gasteiger partial charge >= 0.3 is 11.9 Å². The quantitative estimate of drug-likeness (QED) is 0.557. The SMILES string of the molecule is Cc1c(C2CC(=O)OC2=O)oc2ccccc12. The third kappa shape index (κ3) is 1.45. The van der Waals surface area contributed by atoms with Gasteiger partial charge in [-0.05, 0) is 18.6 Å². The Hall–Kier alpha value is -2.10. The van der Waals surface area contributed by atoms with Gasteiger partial charge in [0, 0.05) is 5.39 Å². The van der Waals surface area contributed by atoms with Crippen LogP contribution in [0, 0.1) is 6.92 Å². The van der Waals surface area contributed by atoms with Crippen molar-refractivity contribution in [2.45, 2.75) is 19.3 Å². The van der Waals surface area contributed by atoms with Gasteiger partial charge in [-0.2, -0.15) is 0 Å². The fourth-order valence-electron chi connectivity index (χ4n) is 2.20. The molecule has 1 aromatic heterocycles. The molecule has 0 radical (unpaired) electrons. The van der Waals surface area contributed by atoms with E-state index in [-0.39, 0.29) is 6.42 Å². The van der Waals surface area contributed by atoms with Crippen LogP contribution in [0.3, 0.4) is 0 Å². The van der Waals surface area contributed by atoms with E-state index in [1.165, 1.54) is 0 Å². The van der Waals surface area contributed by atoms with E-state index in [0.29, 0.717) is 5.76 Å². The number of aryl methyl sites for hydroxylation is 1. The lowest BCUT2D eigenvalue weighted by molar-refractivity contribution is -0.152. The van der Waals surface area contributed by atoms with Crippen molar-refractivity contribution in [3.63, 3.8) is 0 Å². The highest BCUT2D eigenvalue weighted by Crippen LogP contribution is 2.35. The third-order valence-electron chi connectivity index (χ3n) is 3.07. The van der Waals surface area contributed by atoms with Crippen molar-refractivity contribution in [1.82, 2.24) is 0 Å². The van der Waals surface area contributed by atoms with E-state index < -0.39 is 17.9 Å². The molecule has 4 heteroatoms. The summed E-state index contributed by atoms with van der Waals surface area (Å²) < 4.78 is 10.2. The summed E-state index contributed by atoms with van der Waals surface area (Å²) in [6.07, 6.45) is 0.0689. The summed E-state index contributed by atoms with van der Waals surface area (Å²) in [5, 5.41) is 0.967. The molecule has 0 N–H and O–H groups in total. The van der Waals surface area contributed by atoms with Crippen LogP contribution in [0.4, 0.5) is 0 Å². The summed E-state index contributed by atoms with van der Waals surface area (Å²) in [4.78, 5) is 22.6. The highest BCUT2D eigenvalue weighted by Gasteiger charge is 2.38. The number of hydrogen-bond acceptors (Lipinski definition) is 4. The Morgan fingerprint density at radius 3 is 2.65 bits per heavy atom. The first kappa shape index (κ1) is 10.1. The second-order valence-electron chi connectivity index (χ2n) is 4.14. The van der Waals surface area contributed by atoms with Gasteiger partial charge in [0.2, 0.25) is 0 Å². The molecular weight excluding hydrogens is 220 g/mol. The van der Waals surface area contributed by atoms with Crippen molar-refractivity contribution in [2.75, 3.05) is 0 Å². The second kappa shape index (κ2) is 3.45. The maximum Gasteiger partial charge on any atom is 0.324 e. The van der Waals surface area contributed by atoms with Crippen molar-refractivity contribution in [2.24, 2.45) is 0 Å². The number of furan rings is 1. The topological polar surface area (TPSA) is 56.5 Å². The Morgan fingerprint density at radius 1 is 1.24 bits per heavy atom. The number of esters is 2. The molecule has 0 saturated carbocycles. The van der Waals surface area contributed by atoms with Gasteiger partial charge < -0.3 is 9.15 Å². The van der Waals surface area contributed by atoms with Crippen LogP contribution in [0.15, 0.2) is 28.7 Å². The van der Waals surface area contributed by atoms with E-state index in [1.807, 2.05) is 31.2 Å². The van der Waals surface area contributed by atoms with Crippen LogP contribution in [0.2, 0.25) is 0 Å². The molecule has 86 valence electrons.